The van der Waals surface area contributed by atoms with Crippen LogP contribution < -0.4 is 0 Å². The topological polar surface area (TPSA) is 61.8 Å². The van der Waals surface area contributed by atoms with Gasteiger partial charge in [0.15, 0.2) is 8.32 Å². The van der Waals surface area contributed by atoms with Gasteiger partial charge in [0, 0.05) is 25.7 Å². The first-order valence-electron chi connectivity index (χ1n) is 9.01. The molecule has 0 aromatic carbocycles. The van der Waals surface area contributed by atoms with E-state index in [-0.39, 0.29) is 28.8 Å². The van der Waals surface area contributed by atoms with Crippen molar-refractivity contribution >= 4 is 20.3 Å². The first-order chi connectivity index (χ1) is 11.4. The highest BCUT2D eigenvalue weighted by molar-refractivity contribution is 6.74. The summed E-state index contributed by atoms with van der Waals surface area (Å²) in [6.45, 7) is 15.4. The van der Waals surface area contributed by atoms with Gasteiger partial charge < -0.3 is 13.9 Å². The van der Waals surface area contributed by atoms with Crippen molar-refractivity contribution in [3.05, 3.63) is 11.6 Å². The SMILES string of the molecule is CC(=O)OC[C@@H]1CC(CO[Si](C)(C)C(C)(C)C)=CC[C@H]1COC(C)=O. The molecule has 1 aliphatic carbocycles. The molecule has 0 aromatic rings. The van der Waals surface area contributed by atoms with E-state index < -0.39 is 8.32 Å². The van der Waals surface area contributed by atoms with Crippen LogP contribution in [0.25, 0.3) is 0 Å². The van der Waals surface area contributed by atoms with Gasteiger partial charge in [-0.25, -0.2) is 0 Å². The summed E-state index contributed by atoms with van der Waals surface area (Å²) < 4.78 is 16.7. The Labute approximate surface area is 153 Å². The first-order valence-corrected chi connectivity index (χ1v) is 11.9. The molecule has 0 aromatic heterocycles. The van der Waals surface area contributed by atoms with Crippen LogP contribution in [0.1, 0.15) is 47.5 Å². The van der Waals surface area contributed by atoms with Gasteiger partial charge in [-0.15, -0.1) is 0 Å². The Kier molecular flexibility index (Phi) is 7.87. The Morgan fingerprint density at radius 2 is 1.60 bits per heavy atom. The number of esters is 2. The van der Waals surface area contributed by atoms with Crippen LogP contribution >= 0.6 is 0 Å². The van der Waals surface area contributed by atoms with Gasteiger partial charge in [0.25, 0.3) is 0 Å². The maximum atomic E-state index is 11.2. The summed E-state index contributed by atoms with van der Waals surface area (Å²) in [4.78, 5) is 22.3. The smallest absolute Gasteiger partial charge is 0.302 e. The van der Waals surface area contributed by atoms with Crippen molar-refractivity contribution in [3.63, 3.8) is 0 Å². The van der Waals surface area contributed by atoms with Crippen LogP contribution in [-0.4, -0.2) is 40.1 Å². The molecule has 5 nitrogen and oxygen atoms in total. The van der Waals surface area contributed by atoms with E-state index in [4.69, 9.17) is 13.9 Å². The minimum Gasteiger partial charge on any atom is -0.466 e. The standard InChI is InChI=1S/C19H34O5Si/c1-14(20)22-12-17-9-8-16(10-18(17)13-23-15(2)21)11-24-25(6,7)19(3,4)5/h8,17-18H,9-13H2,1-7H3/t17-,18-/m0/s1. The molecule has 6 heteroatoms. The molecule has 2 atom stereocenters. The van der Waals surface area contributed by atoms with Gasteiger partial charge in [-0.2, -0.15) is 0 Å². The van der Waals surface area contributed by atoms with E-state index in [0.29, 0.717) is 19.8 Å². The minimum absolute atomic E-state index is 0.159. The Morgan fingerprint density at radius 1 is 1.08 bits per heavy atom. The molecule has 0 saturated carbocycles. The average Bonchev–Trinajstić information content (AvgIpc) is 2.48. The molecule has 0 spiro atoms. The van der Waals surface area contributed by atoms with Crippen LogP contribution in [0.2, 0.25) is 18.1 Å². The summed E-state index contributed by atoms with van der Waals surface area (Å²) in [5.41, 5.74) is 1.25. The Morgan fingerprint density at radius 3 is 2.08 bits per heavy atom. The fraction of sp³-hybridized carbons (Fsp3) is 0.789. The number of allylic oxidation sites excluding steroid dienone is 1. The zero-order chi connectivity index (χ0) is 19.3. The molecule has 1 aliphatic rings. The van der Waals surface area contributed by atoms with E-state index in [1.165, 1.54) is 19.4 Å². The molecule has 25 heavy (non-hydrogen) atoms. The highest BCUT2D eigenvalue weighted by Gasteiger charge is 2.37. The molecule has 0 fully saturated rings. The first kappa shape index (κ1) is 21.9. The lowest BCUT2D eigenvalue weighted by molar-refractivity contribution is -0.147. The van der Waals surface area contributed by atoms with Gasteiger partial charge >= 0.3 is 11.9 Å². The van der Waals surface area contributed by atoms with E-state index in [1.807, 2.05) is 0 Å². The van der Waals surface area contributed by atoms with Crippen LogP contribution in [0, 0.1) is 11.8 Å². The minimum atomic E-state index is -1.79. The highest BCUT2D eigenvalue weighted by Crippen LogP contribution is 2.38. The van der Waals surface area contributed by atoms with Gasteiger partial charge in [0.1, 0.15) is 0 Å². The summed E-state index contributed by atoms with van der Waals surface area (Å²) in [6, 6.07) is 0. The second-order valence-electron chi connectivity index (χ2n) is 8.48. The summed E-state index contributed by atoms with van der Waals surface area (Å²) in [6.07, 6.45) is 3.83. The summed E-state index contributed by atoms with van der Waals surface area (Å²) in [5.74, 6) is -0.215. The maximum Gasteiger partial charge on any atom is 0.302 e. The van der Waals surface area contributed by atoms with E-state index >= 15 is 0 Å². The number of carbonyl (C=O) groups excluding carboxylic acids is 2. The molecule has 0 unspecified atom stereocenters. The molecule has 0 bridgehead atoms. The van der Waals surface area contributed by atoms with Crippen molar-refractivity contribution in [1.82, 2.24) is 0 Å². The Balaban J connectivity index is 2.70. The van der Waals surface area contributed by atoms with Crippen LogP contribution in [0.4, 0.5) is 0 Å². The van der Waals surface area contributed by atoms with Crippen molar-refractivity contribution in [3.8, 4) is 0 Å². The third kappa shape index (κ3) is 7.32. The molecule has 0 N–H and O–H groups in total. The van der Waals surface area contributed by atoms with Crippen LogP contribution in [0.15, 0.2) is 11.6 Å². The van der Waals surface area contributed by atoms with Gasteiger partial charge in [-0.1, -0.05) is 26.8 Å². The van der Waals surface area contributed by atoms with Gasteiger partial charge in [-0.3, -0.25) is 9.59 Å². The predicted octanol–water partition coefficient (Wildman–Crippen LogP) is 4.09. The van der Waals surface area contributed by atoms with E-state index in [1.54, 1.807) is 0 Å². The fourth-order valence-corrected chi connectivity index (χ4v) is 3.53. The van der Waals surface area contributed by atoms with Crippen molar-refractivity contribution in [1.29, 1.82) is 0 Å². The second kappa shape index (κ2) is 8.99. The normalized spacial score (nSPS) is 21.5. The number of ether oxygens (including phenoxy) is 2. The van der Waals surface area contributed by atoms with E-state index in [0.717, 1.165) is 12.8 Å². The van der Waals surface area contributed by atoms with E-state index in [2.05, 4.69) is 39.9 Å². The van der Waals surface area contributed by atoms with Gasteiger partial charge in [0.2, 0.25) is 0 Å². The largest absolute Gasteiger partial charge is 0.466 e. The number of rotatable bonds is 7. The third-order valence-corrected chi connectivity index (χ3v) is 9.80. The molecule has 0 radical (unpaired) electrons. The van der Waals surface area contributed by atoms with Crippen molar-refractivity contribution < 1.29 is 23.5 Å². The molecule has 0 amide bonds. The Bertz CT molecular complexity index is 504. The predicted molar refractivity (Wildman–Crippen MR) is 101 cm³/mol. The molecule has 0 saturated heterocycles. The van der Waals surface area contributed by atoms with Gasteiger partial charge in [0.05, 0.1) is 19.8 Å². The lowest BCUT2D eigenvalue weighted by Gasteiger charge is -2.37. The summed E-state index contributed by atoms with van der Waals surface area (Å²) >= 11 is 0. The molecule has 1 rings (SSSR count). The van der Waals surface area contributed by atoms with Crippen molar-refractivity contribution in [2.24, 2.45) is 11.8 Å². The fourth-order valence-electron chi connectivity index (χ4n) is 2.55. The van der Waals surface area contributed by atoms with Crippen molar-refractivity contribution in [2.45, 2.75) is 65.6 Å². The number of hydrogen-bond acceptors (Lipinski definition) is 5. The van der Waals surface area contributed by atoms with E-state index in [9.17, 15) is 9.59 Å². The molecule has 0 heterocycles. The monoisotopic (exact) mass is 370 g/mol. The quantitative estimate of drug-likeness (QED) is 0.384. The second-order valence-corrected chi connectivity index (χ2v) is 13.3. The number of carbonyl (C=O) groups is 2. The van der Waals surface area contributed by atoms with Gasteiger partial charge in [-0.05, 0) is 36.5 Å². The number of hydrogen-bond donors (Lipinski definition) is 0. The molecular formula is C19H34O5Si. The average molecular weight is 371 g/mol. The highest BCUT2D eigenvalue weighted by atomic mass is 28.4. The molecule has 0 aliphatic heterocycles. The zero-order valence-corrected chi connectivity index (χ0v) is 17.8. The zero-order valence-electron chi connectivity index (χ0n) is 16.8. The Hall–Kier alpha value is -1.14. The molecular weight excluding hydrogens is 336 g/mol. The lowest BCUT2D eigenvalue weighted by atomic mass is 9.80. The molecule has 144 valence electrons. The van der Waals surface area contributed by atoms with Crippen LogP contribution in [-0.2, 0) is 23.5 Å². The summed E-state index contributed by atoms with van der Waals surface area (Å²) in [7, 11) is -1.79. The maximum absolute atomic E-state index is 11.2. The summed E-state index contributed by atoms with van der Waals surface area (Å²) in [5, 5.41) is 0.178. The lowest BCUT2D eigenvalue weighted by Crippen LogP contribution is -2.41. The third-order valence-electron chi connectivity index (χ3n) is 5.33. The van der Waals surface area contributed by atoms with Crippen LogP contribution in [0.5, 0.6) is 0 Å². The van der Waals surface area contributed by atoms with Crippen LogP contribution in [0.3, 0.4) is 0 Å². The van der Waals surface area contributed by atoms with Crippen molar-refractivity contribution in [2.75, 3.05) is 19.8 Å².